The molecule has 2 rings (SSSR count). The summed E-state index contributed by atoms with van der Waals surface area (Å²) in [7, 11) is 2.82. The van der Waals surface area contributed by atoms with Gasteiger partial charge in [-0.3, -0.25) is 4.79 Å². The predicted octanol–water partition coefficient (Wildman–Crippen LogP) is 1.47. The molecule has 1 saturated heterocycles. The predicted molar refractivity (Wildman–Crippen MR) is 73.6 cm³/mol. The monoisotopic (exact) mass is 273 g/mol. The van der Waals surface area contributed by atoms with Gasteiger partial charge >= 0.3 is 5.97 Å². The van der Waals surface area contributed by atoms with Crippen LogP contribution in [-0.4, -0.2) is 32.6 Å². The molecule has 1 aliphatic rings. The minimum Gasteiger partial charge on any atom is -0.497 e. The maximum Gasteiger partial charge on any atom is 0.339 e. The molecule has 1 fully saturated rings. The van der Waals surface area contributed by atoms with E-state index in [9.17, 15) is 9.59 Å². The molecule has 0 radical (unpaired) electrons. The highest BCUT2D eigenvalue weighted by molar-refractivity contribution is 6.04. The number of carbonyl (C=O) groups excluding carboxylic acids is 2. The molecule has 1 amide bonds. The van der Waals surface area contributed by atoms with Crippen molar-refractivity contribution >= 4 is 17.6 Å². The van der Waals surface area contributed by atoms with Crippen molar-refractivity contribution in [1.82, 2.24) is 0 Å². The zero-order valence-corrected chi connectivity index (χ0v) is 11.4. The van der Waals surface area contributed by atoms with Crippen LogP contribution in [0.5, 0.6) is 5.75 Å². The minimum atomic E-state index is -0.500. The molecule has 0 spiro atoms. The molecule has 0 aliphatic carbocycles. The zero-order chi connectivity index (χ0) is 14.7. The lowest BCUT2D eigenvalue weighted by molar-refractivity contribution is -0.117. The highest BCUT2D eigenvalue weighted by Crippen LogP contribution is 2.31. The molecule has 1 unspecified atom stereocenters. The van der Waals surface area contributed by atoms with Crippen LogP contribution in [0.3, 0.4) is 0 Å². The average molecular weight is 273 g/mol. The summed E-state index contributed by atoms with van der Waals surface area (Å²) in [5, 5.41) is 0. The Labute approximate surface area is 117 Å². The molecular weight excluding hydrogens is 258 g/mol. The number of hydrogen-bond donors (Lipinski definition) is 0. The zero-order valence-electron chi connectivity index (χ0n) is 11.4. The second kappa shape index (κ2) is 5.66. The number of anilines is 1. The number of esters is 1. The molecule has 1 aromatic carbocycles. The van der Waals surface area contributed by atoms with Crippen LogP contribution in [0.4, 0.5) is 5.69 Å². The van der Waals surface area contributed by atoms with Crippen molar-refractivity contribution < 1.29 is 19.1 Å². The Balaban J connectivity index is 2.46. The van der Waals surface area contributed by atoms with E-state index in [2.05, 4.69) is 5.92 Å². The van der Waals surface area contributed by atoms with E-state index >= 15 is 0 Å². The Morgan fingerprint density at radius 3 is 2.75 bits per heavy atom. The van der Waals surface area contributed by atoms with E-state index in [0.717, 1.165) is 0 Å². The van der Waals surface area contributed by atoms with E-state index < -0.39 is 5.97 Å². The third-order valence-electron chi connectivity index (χ3n) is 3.26. The van der Waals surface area contributed by atoms with E-state index in [1.54, 1.807) is 18.2 Å². The molecule has 0 aromatic heterocycles. The summed E-state index contributed by atoms with van der Waals surface area (Å²) in [6.07, 6.45) is 5.66. The summed E-state index contributed by atoms with van der Waals surface area (Å²) < 4.78 is 9.88. The molecule has 1 aromatic rings. The number of carbonyl (C=O) groups is 2. The molecule has 0 N–H and O–H groups in total. The van der Waals surface area contributed by atoms with E-state index in [0.29, 0.717) is 23.5 Å². The summed E-state index contributed by atoms with van der Waals surface area (Å²) in [5.41, 5.74) is 0.790. The van der Waals surface area contributed by atoms with Gasteiger partial charge in [-0.25, -0.2) is 4.79 Å². The van der Waals surface area contributed by atoms with Gasteiger partial charge in [-0.2, -0.15) is 0 Å². The van der Waals surface area contributed by atoms with Gasteiger partial charge in [0, 0.05) is 24.9 Å². The number of nitrogens with zero attached hydrogens (tertiary/aromatic N) is 1. The fraction of sp³-hybridized carbons (Fsp3) is 0.333. The number of terminal acetylenes is 1. The number of methoxy groups -OCH3 is 2. The number of rotatable bonds is 3. The molecule has 5 heteroatoms. The lowest BCUT2D eigenvalue weighted by Crippen LogP contribution is -2.26. The van der Waals surface area contributed by atoms with E-state index in [1.807, 2.05) is 0 Å². The highest BCUT2D eigenvalue weighted by atomic mass is 16.5. The summed E-state index contributed by atoms with van der Waals surface area (Å²) in [5.74, 6) is 2.39. The SMILES string of the molecule is C#CC1CC(=O)N(c2cc(OC)ccc2C(=O)OC)C1. The number of benzene rings is 1. The third-order valence-corrected chi connectivity index (χ3v) is 3.26. The maximum atomic E-state index is 12.0. The summed E-state index contributed by atoms with van der Waals surface area (Å²) in [6, 6.07) is 4.87. The third kappa shape index (κ3) is 2.45. The molecule has 1 atom stereocenters. The van der Waals surface area contributed by atoms with Gasteiger partial charge in [-0.15, -0.1) is 12.3 Å². The Kier molecular flexibility index (Phi) is 3.94. The first-order chi connectivity index (χ1) is 9.60. The quantitative estimate of drug-likeness (QED) is 0.618. The van der Waals surface area contributed by atoms with Crippen molar-refractivity contribution in [3.05, 3.63) is 23.8 Å². The van der Waals surface area contributed by atoms with Crippen LogP contribution in [0, 0.1) is 18.3 Å². The van der Waals surface area contributed by atoms with Crippen molar-refractivity contribution in [3.8, 4) is 18.1 Å². The van der Waals surface area contributed by atoms with Crippen molar-refractivity contribution in [2.45, 2.75) is 6.42 Å². The van der Waals surface area contributed by atoms with Gasteiger partial charge in [0.2, 0.25) is 5.91 Å². The van der Waals surface area contributed by atoms with Gasteiger partial charge in [0.15, 0.2) is 0 Å². The van der Waals surface area contributed by atoms with Crippen molar-refractivity contribution in [2.75, 3.05) is 25.7 Å². The second-order valence-corrected chi connectivity index (χ2v) is 4.45. The highest BCUT2D eigenvalue weighted by Gasteiger charge is 2.32. The molecular formula is C15H15NO4. The number of hydrogen-bond acceptors (Lipinski definition) is 4. The lowest BCUT2D eigenvalue weighted by atomic mass is 10.1. The lowest BCUT2D eigenvalue weighted by Gasteiger charge is -2.19. The summed E-state index contributed by atoms with van der Waals surface area (Å²) in [6.45, 7) is 0.395. The first-order valence-corrected chi connectivity index (χ1v) is 6.13. The normalized spacial score (nSPS) is 17.8. The second-order valence-electron chi connectivity index (χ2n) is 4.45. The minimum absolute atomic E-state index is 0.105. The topological polar surface area (TPSA) is 55.8 Å². The van der Waals surface area contributed by atoms with Gasteiger partial charge in [-0.1, -0.05) is 0 Å². The van der Waals surface area contributed by atoms with Gasteiger partial charge in [-0.05, 0) is 12.1 Å². The van der Waals surface area contributed by atoms with Crippen LogP contribution >= 0.6 is 0 Å². The van der Waals surface area contributed by atoms with Gasteiger partial charge < -0.3 is 14.4 Å². The smallest absolute Gasteiger partial charge is 0.339 e. The fourth-order valence-electron chi connectivity index (χ4n) is 2.20. The summed E-state index contributed by atoms with van der Waals surface area (Å²) in [4.78, 5) is 25.4. The number of ether oxygens (including phenoxy) is 2. The largest absolute Gasteiger partial charge is 0.497 e. The van der Waals surface area contributed by atoms with Crippen LogP contribution in [0.1, 0.15) is 16.8 Å². The Bertz CT molecular complexity index is 588. The average Bonchev–Trinajstić information content (AvgIpc) is 2.86. The summed E-state index contributed by atoms with van der Waals surface area (Å²) >= 11 is 0. The van der Waals surface area contributed by atoms with E-state index in [4.69, 9.17) is 15.9 Å². The van der Waals surface area contributed by atoms with E-state index in [-0.39, 0.29) is 18.2 Å². The first kappa shape index (κ1) is 13.9. The molecule has 0 saturated carbocycles. The molecule has 104 valence electrons. The first-order valence-electron chi connectivity index (χ1n) is 6.13. The van der Waals surface area contributed by atoms with Crippen LogP contribution < -0.4 is 9.64 Å². The molecule has 20 heavy (non-hydrogen) atoms. The Morgan fingerprint density at radius 2 is 2.20 bits per heavy atom. The Morgan fingerprint density at radius 1 is 1.45 bits per heavy atom. The van der Waals surface area contributed by atoms with Gasteiger partial charge in [0.25, 0.3) is 0 Å². The van der Waals surface area contributed by atoms with E-state index in [1.165, 1.54) is 19.1 Å². The molecule has 5 nitrogen and oxygen atoms in total. The maximum absolute atomic E-state index is 12.0. The Hall–Kier alpha value is -2.48. The van der Waals surface area contributed by atoms with Crippen LogP contribution in [-0.2, 0) is 9.53 Å². The molecule has 1 aliphatic heterocycles. The molecule has 1 heterocycles. The van der Waals surface area contributed by atoms with Crippen molar-refractivity contribution in [2.24, 2.45) is 5.92 Å². The van der Waals surface area contributed by atoms with Crippen LogP contribution in [0.15, 0.2) is 18.2 Å². The standard InChI is InChI=1S/C15H15NO4/c1-4-10-7-14(17)16(9-10)13-8-11(19-2)5-6-12(13)15(18)20-3/h1,5-6,8,10H,7,9H2,2-3H3. The van der Waals surface area contributed by atoms with Gasteiger partial charge in [0.05, 0.1) is 25.5 Å². The van der Waals surface area contributed by atoms with Crippen LogP contribution in [0.25, 0.3) is 0 Å². The molecule has 0 bridgehead atoms. The van der Waals surface area contributed by atoms with Crippen molar-refractivity contribution in [1.29, 1.82) is 0 Å². The number of amides is 1. The van der Waals surface area contributed by atoms with Crippen molar-refractivity contribution in [3.63, 3.8) is 0 Å². The fourth-order valence-corrected chi connectivity index (χ4v) is 2.20. The van der Waals surface area contributed by atoms with Gasteiger partial charge in [0.1, 0.15) is 5.75 Å². The van der Waals surface area contributed by atoms with Crippen LogP contribution in [0.2, 0.25) is 0 Å².